The summed E-state index contributed by atoms with van der Waals surface area (Å²) >= 11 is 0. The van der Waals surface area contributed by atoms with E-state index in [1.807, 2.05) is 38.1 Å². The zero-order valence-corrected chi connectivity index (χ0v) is 7.62. The number of benzene rings is 1. The molecule has 0 radical (unpaired) electrons. The lowest BCUT2D eigenvalue weighted by molar-refractivity contribution is 0.747. The summed E-state index contributed by atoms with van der Waals surface area (Å²) in [5.41, 5.74) is 13.9. The Labute approximate surface area is 73.6 Å². The van der Waals surface area contributed by atoms with Crippen LogP contribution in [0.1, 0.15) is 37.1 Å². The second-order valence-electron chi connectivity index (χ2n) is 3.21. The molecule has 0 aliphatic heterocycles. The summed E-state index contributed by atoms with van der Waals surface area (Å²) in [6.45, 7) is 3.95. The number of nitrogens with two attached hydrogens (primary N) is 2. The SMILES string of the molecule is CC(N)c1ccccc1C(C)N. The third-order valence-electron chi connectivity index (χ3n) is 1.98. The van der Waals surface area contributed by atoms with Crippen LogP contribution in [0.15, 0.2) is 24.3 Å². The Kier molecular flexibility index (Phi) is 2.84. The van der Waals surface area contributed by atoms with Gasteiger partial charge in [0.25, 0.3) is 0 Å². The lowest BCUT2D eigenvalue weighted by Crippen LogP contribution is -2.13. The molecular weight excluding hydrogens is 148 g/mol. The fraction of sp³-hybridized carbons (Fsp3) is 0.400. The van der Waals surface area contributed by atoms with Crippen molar-refractivity contribution in [2.45, 2.75) is 25.9 Å². The Morgan fingerprint density at radius 3 is 1.50 bits per heavy atom. The normalized spacial score (nSPS) is 15.7. The maximum absolute atomic E-state index is 5.80. The first-order valence-electron chi connectivity index (χ1n) is 4.23. The predicted molar refractivity (Wildman–Crippen MR) is 51.6 cm³/mol. The number of hydrogen-bond donors (Lipinski definition) is 2. The average Bonchev–Trinajstić information content (AvgIpc) is 2.04. The maximum atomic E-state index is 5.80. The second kappa shape index (κ2) is 3.70. The van der Waals surface area contributed by atoms with Gasteiger partial charge in [-0.1, -0.05) is 24.3 Å². The first-order valence-corrected chi connectivity index (χ1v) is 4.23. The summed E-state index contributed by atoms with van der Waals surface area (Å²) in [5, 5.41) is 0. The topological polar surface area (TPSA) is 52.0 Å². The van der Waals surface area contributed by atoms with E-state index in [0.717, 1.165) is 11.1 Å². The molecule has 2 atom stereocenters. The van der Waals surface area contributed by atoms with Gasteiger partial charge in [-0.05, 0) is 25.0 Å². The van der Waals surface area contributed by atoms with Crippen LogP contribution in [0.5, 0.6) is 0 Å². The van der Waals surface area contributed by atoms with Gasteiger partial charge < -0.3 is 11.5 Å². The Hall–Kier alpha value is -0.860. The fourth-order valence-corrected chi connectivity index (χ4v) is 1.34. The molecule has 12 heavy (non-hydrogen) atoms. The monoisotopic (exact) mass is 164 g/mol. The minimum Gasteiger partial charge on any atom is -0.324 e. The van der Waals surface area contributed by atoms with Crippen LogP contribution in [0.4, 0.5) is 0 Å². The van der Waals surface area contributed by atoms with E-state index in [0.29, 0.717) is 0 Å². The molecule has 1 rings (SSSR count). The summed E-state index contributed by atoms with van der Waals surface area (Å²) in [7, 11) is 0. The summed E-state index contributed by atoms with van der Waals surface area (Å²) < 4.78 is 0. The van der Waals surface area contributed by atoms with Crippen molar-refractivity contribution >= 4 is 0 Å². The zero-order chi connectivity index (χ0) is 9.14. The highest BCUT2D eigenvalue weighted by Crippen LogP contribution is 2.20. The molecule has 4 N–H and O–H groups in total. The van der Waals surface area contributed by atoms with Gasteiger partial charge in [-0.15, -0.1) is 0 Å². The summed E-state index contributed by atoms with van der Waals surface area (Å²) in [6, 6.07) is 8.17. The molecule has 1 aromatic carbocycles. The highest BCUT2D eigenvalue weighted by atomic mass is 14.6. The van der Waals surface area contributed by atoms with Crippen molar-refractivity contribution < 1.29 is 0 Å². The zero-order valence-electron chi connectivity index (χ0n) is 7.62. The van der Waals surface area contributed by atoms with Gasteiger partial charge in [-0.25, -0.2) is 0 Å². The third-order valence-corrected chi connectivity index (χ3v) is 1.98. The molecule has 0 spiro atoms. The van der Waals surface area contributed by atoms with Crippen molar-refractivity contribution in [2.24, 2.45) is 11.5 Å². The van der Waals surface area contributed by atoms with E-state index in [9.17, 15) is 0 Å². The van der Waals surface area contributed by atoms with E-state index >= 15 is 0 Å². The highest BCUT2D eigenvalue weighted by molar-refractivity contribution is 5.31. The Balaban J connectivity index is 3.09. The minimum absolute atomic E-state index is 0.0622. The molecule has 0 aliphatic carbocycles. The van der Waals surface area contributed by atoms with Crippen molar-refractivity contribution in [3.63, 3.8) is 0 Å². The summed E-state index contributed by atoms with van der Waals surface area (Å²) in [6.07, 6.45) is 0. The van der Waals surface area contributed by atoms with Crippen molar-refractivity contribution in [1.82, 2.24) is 0 Å². The van der Waals surface area contributed by atoms with E-state index in [4.69, 9.17) is 11.5 Å². The molecule has 2 unspecified atom stereocenters. The van der Waals surface area contributed by atoms with Crippen LogP contribution in [0, 0.1) is 0 Å². The molecule has 0 bridgehead atoms. The van der Waals surface area contributed by atoms with Crippen LogP contribution >= 0.6 is 0 Å². The molecule has 0 aliphatic rings. The molecular formula is C10H16N2. The predicted octanol–water partition coefficient (Wildman–Crippen LogP) is 1.73. The average molecular weight is 164 g/mol. The van der Waals surface area contributed by atoms with Gasteiger partial charge >= 0.3 is 0 Å². The summed E-state index contributed by atoms with van der Waals surface area (Å²) in [5.74, 6) is 0. The molecule has 2 nitrogen and oxygen atoms in total. The minimum atomic E-state index is 0.0622. The first-order chi connectivity index (χ1) is 5.63. The van der Waals surface area contributed by atoms with Gasteiger partial charge in [-0.3, -0.25) is 0 Å². The van der Waals surface area contributed by atoms with Gasteiger partial charge in [0.2, 0.25) is 0 Å². The quantitative estimate of drug-likeness (QED) is 0.699. The van der Waals surface area contributed by atoms with Crippen molar-refractivity contribution in [1.29, 1.82) is 0 Å². The van der Waals surface area contributed by atoms with E-state index in [1.54, 1.807) is 0 Å². The number of hydrogen-bond acceptors (Lipinski definition) is 2. The molecule has 0 aromatic heterocycles. The van der Waals surface area contributed by atoms with Crippen molar-refractivity contribution in [2.75, 3.05) is 0 Å². The van der Waals surface area contributed by atoms with Crippen molar-refractivity contribution in [3.05, 3.63) is 35.4 Å². The largest absolute Gasteiger partial charge is 0.324 e. The van der Waals surface area contributed by atoms with Gasteiger partial charge in [0.15, 0.2) is 0 Å². The molecule has 0 amide bonds. The van der Waals surface area contributed by atoms with E-state index in [1.165, 1.54) is 0 Å². The van der Waals surface area contributed by atoms with Crippen LogP contribution < -0.4 is 11.5 Å². The van der Waals surface area contributed by atoms with Gasteiger partial charge in [-0.2, -0.15) is 0 Å². The second-order valence-corrected chi connectivity index (χ2v) is 3.21. The summed E-state index contributed by atoms with van der Waals surface area (Å²) in [4.78, 5) is 0. The van der Waals surface area contributed by atoms with Crippen LogP contribution in [0.2, 0.25) is 0 Å². The molecule has 66 valence electrons. The number of rotatable bonds is 2. The first kappa shape index (κ1) is 9.23. The van der Waals surface area contributed by atoms with Gasteiger partial charge in [0.1, 0.15) is 0 Å². The van der Waals surface area contributed by atoms with Crippen molar-refractivity contribution in [3.8, 4) is 0 Å². The molecule has 0 saturated heterocycles. The molecule has 2 heteroatoms. The van der Waals surface area contributed by atoms with Crippen LogP contribution in [0.3, 0.4) is 0 Å². The van der Waals surface area contributed by atoms with E-state index < -0.39 is 0 Å². The third kappa shape index (κ3) is 1.84. The highest BCUT2D eigenvalue weighted by Gasteiger charge is 2.08. The van der Waals surface area contributed by atoms with E-state index in [2.05, 4.69) is 0 Å². The van der Waals surface area contributed by atoms with Crippen LogP contribution in [-0.4, -0.2) is 0 Å². The van der Waals surface area contributed by atoms with Gasteiger partial charge in [0.05, 0.1) is 0 Å². The maximum Gasteiger partial charge on any atom is 0.0269 e. The molecule has 0 heterocycles. The van der Waals surface area contributed by atoms with Crippen LogP contribution in [-0.2, 0) is 0 Å². The van der Waals surface area contributed by atoms with Crippen LogP contribution in [0.25, 0.3) is 0 Å². The smallest absolute Gasteiger partial charge is 0.0269 e. The molecule has 0 saturated carbocycles. The van der Waals surface area contributed by atoms with Gasteiger partial charge in [0, 0.05) is 12.1 Å². The Morgan fingerprint density at radius 1 is 0.917 bits per heavy atom. The molecule has 0 fully saturated rings. The Bertz CT molecular complexity index is 227. The lowest BCUT2D eigenvalue weighted by Gasteiger charge is -2.14. The standard InChI is InChI=1S/C10H16N2/c1-7(11)9-5-3-4-6-10(9)8(2)12/h3-8H,11-12H2,1-2H3. The Morgan fingerprint density at radius 2 is 1.25 bits per heavy atom. The fourth-order valence-electron chi connectivity index (χ4n) is 1.34. The lowest BCUT2D eigenvalue weighted by atomic mass is 9.98. The van der Waals surface area contributed by atoms with E-state index in [-0.39, 0.29) is 12.1 Å². The molecule has 1 aromatic rings.